The van der Waals surface area contributed by atoms with Crippen LogP contribution >= 0.6 is 24.8 Å². The molecule has 0 unspecified atom stereocenters. The lowest BCUT2D eigenvalue weighted by Crippen LogP contribution is -2.45. The molecule has 2 nitrogen and oxygen atoms in total. The normalized spacial score (nSPS) is 16.9. The first-order chi connectivity index (χ1) is 8.81. The lowest BCUT2D eigenvalue weighted by Gasteiger charge is -2.35. The molecule has 1 aliphatic heterocycles. The predicted molar refractivity (Wildman–Crippen MR) is 87.6 cm³/mol. The molecule has 1 aliphatic rings. The van der Waals surface area contributed by atoms with E-state index in [2.05, 4.69) is 23.2 Å². The van der Waals surface area contributed by atoms with E-state index >= 15 is 0 Å². The molecule has 1 heterocycles. The number of rotatable bonds is 5. The third kappa shape index (κ3) is 5.57. The van der Waals surface area contributed by atoms with E-state index in [0.717, 1.165) is 38.2 Å². The molecule has 5 heteroatoms. The Bertz CT molecular complexity index is 371. The van der Waals surface area contributed by atoms with Gasteiger partial charge in [0, 0.05) is 32.2 Å². The second-order valence-electron chi connectivity index (χ2n) is 5.00. The molecular formula is C15H25Cl2FN2. The van der Waals surface area contributed by atoms with Crippen LogP contribution in [0, 0.1) is 5.82 Å². The second kappa shape index (κ2) is 10.4. The summed E-state index contributed by atoms with van der Waals surface area (Å²) in [6.07, 6.45) is 3.52. The molecule has 0 amide bonds. The molecule has 1 saturated heterocycles. The van der Waals surface area contributed by atoms with Crippen LogP contribution in [0.1, 0.15) is 37.8 Å². The van der Waals surface area contributed by atoms with E-state index in [4.69, 9.17) is 0 Å². The Morgan fingerprint density at radius 1 is 1.25 bits per heavy atom. The molecule has 116 valence electrons. The van der Waals surface area contributed by atoms with Gasteiger partial charge in [0.15, 0.2) is 0 Å². The average molecular weight is 323 g/mol. The molecule has 1 fully saturated rings. The monoisotopic (exact) mass is 322 g/mol. The van der Waals surface area contributed by atoms with Crippen molar-refractivity contribution in [1.82, 2.24) is 10.2 Å². The molecular weight excluding hydrogens is 298 g/mol. The summed E-state index contributed by atoms with van der Waals surface area (Å²) < 4.78 is 13.4. The topological polar surface area (TPSA) is 15.3 Å². The van der Waals surface area contributed by atoms with Crippen molar-refractivity contribution in [2.75, 3.05) is 26.2 Å². The Labute approximate surface area is 133 Å². The van der Waals surface area contributed by atoms with Crippen molar-refractivity contribution in [3.05, 3.63) is 35.6 Å². The van der Waals surface area contributed by atoms with Gasteiger partial charge in [0.25, 0.3) is 0 Å². The van der Waals surface area contributed by atoms with E-state index in [1.54, 1.807) is 6.07 Å². The molecule has 1 atom stereocenters. The first kappa shape index (κ1) is 19.7. The summed E-state index contributed by atoms with van der Waals surface area (Å²) in [4.78, 5) is 2.49. The Balaban J connectivity index is 0.00000180. The van der Waals surface area contributed by atoms with Crippen LogP contribution in [0.4, 0.5) is 4.39 Å². The van der Waals surface area contributed by atoms with E-state index in [0.29, 0.717) is 6.04 Å². The maximum Gasteiger partial charge on any atom is 0.123 e. The van der Waals surface area contributed by atoms with Crippen molar-refractivity contribution in [3.8, 4) is 0 Å². The molecule has 1 aromatic rings. The quantitative estimate of drug-likeness (QED) is 0.886. The Morgan fingerprint density at radius 3 is 2.55 bits per heavy atom. The second-order valence-corrected chi connectivity index (χ2v) is 5.00. The van der Waals surface area contributed by atoms with Gasteiger partial charge in [0.1, 0.15) is 5.82 Å². The van der Waals surface area contributed by atoms with Crippen LogP contribution in [0.5, 0.6) is 0 Å². The molecule has 2 rings (SSSR count). The Kier molecular flexibility index (Phi) is 10.2. The number of nitrogens with zero attached hydrogens (tertiary/aromatic N) is 1. The zero-order valence-electron chi connectivity index (χ0n) is 12.0. The van der Waals surface area contributed by atoms with Crippen LogP contribution in [0.15, 0.2) is 24.3 Å². The highest BCUT2D eigenvalue weighted by Crippen LogP contribution is 2.27. The molecule has 0 aromatic heterocycles. The SMILES string of the molecule is CCCC[C@H](c1cccc(F)c1)N1CCNCC1.Cl.Cl. The van der Waals surface area contributed by atoms with Crippen molar-refractivity contribution in [1.29, 1.82) is 0 Å². The maximum absolute atomic E-state index is 13.4. The lowest BCUT2D eigenvalue weighted by molar-refractivity contribution is 0.163. The maximum atomic E-state index is 13.4. The van der Waals surface area contributed by atoms with E-state index in [1.165, 1.54) is 18.9 Å². The Morgan fingerprint density at radius 2 is 1.95 bits per heavy atom. The minimum absolute atomic E-state index is 0. The van der Waals surface area contributed by atoms with Crippen molar-refractivity contribution in [2.24, 2.45) is 0 Å². The van der Waals surface area contributed by atoms with E-state index in [1.807, 2.05) is 6.07 Å². The largest absolute Gasteiger partial charge is 0.314 e. The number of nitrogens with one attached hydrogen (secondary N) is 1. The molecule has 0 aliphatic carbocycles. The summed E-state index contributed by atoms with van der Waals surface area (Å²) in [5, 5.41) is 3.37. The molecule has 0 spiro atoms. The zero-order valence-corrected chi connectivity index (χ0v) is 13.6. The van der Waals surface area contributed by atoms with Gasteiger partial charge in [-0.2, -0.15) is 0 Å². The van der Waals surface area contributed by atoms with Gasteiger partial charge in [-0.1, -0.05) is 31.9 Å². The third-order valence-corrected chi connectivity index (χ3v) is 3.66. The van der Waals surface area contributed by atoms with Crippen LogP contribution in [-0.4, -0.2) is 31.1 Å². The van der Waals surface area contributed by atoms with Crippen molar-refractivity contribution in [2.45, 2.75) is 32.2 Å². The van der Waals surface area contributed by atoms with Gasteiger partial charge in [0.05, 0.1) is 0 Å². The van der Waals surface area contributed by atoms with E-state index in [9.17, 15) is 4.39 Å². The molecule has 20 heavy (non-hydrogen) atoms. The fraction of sp³-hybridized carbons (Fsp3) is 0.600. The van der Waals surface area contributed by atoms with Crippen LogP contribution in [0.25, 0.3) is 0 Å². The first-order valence-electron chi connectivity index (χ1n) is 7.01. The van der Waals surface area contributed by atoms with E-state index < -0.39 is 0 Å². The molecule has 1 N–H and O–H groups in total. The number of hydrogen-bond acceptors (Lipinski definition) is 2. The molecule has 0 radical (unpaired) electrons. The number of benzene rings is 1. The molecule has 0 bridgehead atoms. The van der Waals surface area contributed by atoms with Crippen LogP contribution in [0.3, 0.4) is 0 Å². The van der Waals surface area contributed by atoms with Crippen LogP contribution < -0.4 is 5.32 Å². The van der Waals surface area contributed by atoms with Gasteiger partial charge in [-0.25, -0.2) is 4.39 Å². The van der Waals surface area contributed by atoms with E-state index in [-0.39, 0.29) is 30.6 Å². The number of halogens is 3. The van der Waals surface area contributed by atoms with Gasteiger partial charge < -0.3 is 5.32 Å². The predicted octanol–water partition coefficient (Wildman–Crippen LogP) is 3.81. The summed E-state index contributed by atoms with van der Waals surface area (Å²) in [5.41, 5.74) is 1.13. The first-order valence-corrected chi connectivity index (χ1v) is 7.01. The Hall–Kier alpha value is -0.350. The van der Waals surface area contributed by atoms with Gasteiger partial charge in [-0.05, 0) is 24.1 Å². The summed E-state index contributed by atoms with van der Waals surface area (Å²) in [6, 6.07) is 7.49. The highest BCUT2D eigenvalue weighted by molar-refractivity contribution is 5.85. The fourth-order valence-corrected chi connectivity index (χ4v) is 2.67. The standard InChI is InChI=1S/C15H23FN2.2ClH/c1-2-3-7-15(18-10-8-17-9-11-18)13-5-4-6-14(16)12-13;;/h4-6,12,15,17H,2-3,7-11H2,1H3;2*1H/t15-;;/m1../s1. The summed E-state index contributed by atoms with van der Waals surface area (Å²) in [5.74, 6) is -0.121. The minimum atomic E-state index is -0.121. The smallest absolute Gasteiger partial charge is 0.123 e. The lowest BCUT2D eigenvalue weighted by atomic mass is 9.98. The van der Waals surface area contributed by atoms with Gasteiger partial charge >= 0.3 is 0 Å². The highest BCUT2D eigenvalue weighted by atomic mass is 35.5. The summed E-state index contributed by atoms with van der Waals surface area (Å²) in [7, 11) is 0. The summed E-state index contributed by atoms with van der Waals surface area (Å²) >= 11 is 0. The summed E-state index contributed by atoms with van der Waals surface area (Å²) in [6.45, 7) is 6.41. The highest BCUT2D eigenvalue weighted by Gasteiger charge is 2.21. The van der Waals surface area contributed by atoms with Crippen LogP contribution in [-0.2, 0) is 0 Å². The van der Waals surface area contributed by atoms with Gasteiger partial charge in [0.2, 0.25) is 0 Å². The number of hydrogen-bond donors (Lipinski definition) is 1. The van der Waals surface area contributed by atoms with Crippen molar-refractivity contribution in [3.63, 3.8) is 0 Å². The molecule has 0 saturated carbocycles. The minimum Gasteiger partial charge on any atom is -0.314 e. The number of piperazine rings is 1. The third-order valence-electron chi connectivity index (χ3n) is 3.66. The van der Waals surface area contributed by atoms with Gasteiger partial charge in [-0.15, -0.1) is 24.8 Å². The molecule has 1 aromatic carbocycles. The van der Waals surface area contributed by atoms with Crippen LogP contribution in [0.2, 0.25) is 0 Å². The zero-order chi connectivity index (χ0) is 12.8. The van der Waals surface area contributed by atoms with Crippen molar-refractivity contribution >= 4 is 24.8 Å². The fourth-order valence-electron chi connectivity index (χ4n) is 2.67. The van der Waals surface area contributed by atoms with Gasteiger partial charge in [-0.3, -0.25) is 4.90 Å². The van der Waals surface area contributed by atoms with Crippen molar-refractivity contribution < 1.29 is 4.39 Å². The average Bonchev–Trinajstić information content (AvgIpc) is 2.40. The number of unbranched alkanes of at least 4 members (excludes halogenated alkanes) is 1.